The second-order valence-corrected chi connectivity index (χ2v) is 9.49. The number of carbonyl (C=O) groups is 2. The molecule has 1 heterocycles. The number of nitrogens with one attached hydrogen (secondary N) is 3. The van der Waals surface area contributed by atoms with E-state index >= 15 is 0 Å². The highest BCUT2D eigenvalue weighted by atomic mass is 19.1. The van der Waals surface area contributed by atoms with E-state index in [1.54, 1.807) is 0 Å². The first-order chi connectivity index (χ1) is 14.8. The zero-order chi connectivity index (χ0) is 22.3. The second kappa shape index (κ2) is 11.0. The number of rotatable bonds is 13. The first-order valence-electron chi connectivity index (χ1n) is 11.6. The molecule has 0 aromatic heterocycles. The molecular weight excluding hydrogens is 397 g/mol. The molecule has 2 amide bonds. The van der Waals surface area contributed by atoms with Crippen molar-refractivity contribution in [3.63, 3.8) is 0 Å². The van der Waals surface area contributed by atoms with E-state index in [0.29, 0.717) is 31.1 Å². The summed E-state index contributed by atoms with van der Waals surface area (Å²) in [5.74, 6) is 0.291. The molecule has 1 aromatic rings. The van der Waals surface area contributed by atoms with Crippen LogP contribution in [-0.2, 0) is 16.0 Å². The minimum Gasteiger partial charge on any atom is -0.490 e. The van der Waals surface area contributed by atoms with E-state index in [0.717, 1.165) is 44.3 Å². The van der Waals surface area contributed by atoms with E-state index in [1.807, 2.05) is 12.1 Å². The van der Waals surface area contributed by atoms with Gasteiger partial charge in [-0.05, 0) is 89.1 Å². The van der Waals surface area contributed by atoms with E-state index in [9.17, 15) is 14.0 Å². The fourth-order valence-electron chi connectivity index (χ4n) is 3.80. The maximum absolute atomic E-state index is 13.9. The lowest BCUT2D eigenvalue weighted by atomic mass is 9.96. The van der Waals surface area contributed by atoms with Gasteiger partial charge in [0.25, 0.3) is 0 Å². The summed E-state index contributed by atoms with van der Waals surface area (Å²) >= 11 is 0. The molecule has 1 unspecified atom stereocenters. The summed E-state index contributed by atoms with van der Waals surface area (Å²) in [6.07, 6.45) is 7.21. The fraction of sp³-hybridized carbons (Fsp3) is 0.667. The van der Waals surface area contributed by atoms with Gasteiger partial charge in [0, 0.05) is 12.0 Å². The Kier molecular flexibility index (Phi) is 8.43. The third kappa shape index (κ3) is 8.22. The van der Waals surface area contributed by atoms with Crippen molar-refractivity contribution >= 4 is 11.8 Å². The van der Waals surface area contributed by atoms with Crippen molar-refractivity contribution in [1.82, 2.24) is 16.0 Å². The molecule has 1 aliphatic carbocycles. The summed E-state index contributed by atoms with van der Waals surface area (Å²) in [5, 5.41) is 9.22. The zero-order valence-corrected chi connectivity index (χ0v) is 18.8. The van der Waals surface area contributed by atoms with Gasteiger partial charge in [-0.15, -0.1) is 0 Å². The predicted octanol–water partition coefficient (Wildman–Crippen LogP) is 3.09. The molecule has 2 aliphatic rings. The van der Waals surface area contributed by atoms with Crippen molar-refractivity contribution in [2.75, 3.05) is 19.7 Å². The number of imide groups is 1. The number of halogens is 1. The molecule has 3 N–H and O–H groups in total. The Hall–Kier alpha value is -1.99. The molecule has 0 spiro atoms. The van der Waals surface area contributed by atoms with Crippen LogP contribution in [0.2, 0.25) is 0 Å². The van der Waals surface area contributed by atoms with Crippen LogP contribution in [0.5, 0.6) is 5.75 Å². The van der Waals surface area contributed by atoms with Gasteiger partial charge in [-0.25, -0.2) is 4.39 Å². The number of hydrogen-bond donors (Lipinski definition) is 3. The maximum atomic E-state index is 13.9. The normalized spacial score (nSPS) is 19.4. The SMILES string of the molecule is CC(C)(CCCCNC1CCC(=O)NC1=O)NCCc1ccc(F)c(OCC2CC2)c1. The van der Waals surface area contributed by atoms with Gasteiger partial charge >= 0.3 is 0 Å². The van der Waals surface area contributed by atoms with Gasteiger partial charge in [0.05, 0.1) is 12.6 Å². The Labute approximate surface area is 184 Å². The van der Waals surface area contributed by atoms with E-state index in [1.165, 1.54) is 18.9 Å². The molecule has 1 aromatic carbocycles. The summed E-state index contributed by atoms with van der Waals surface area (Å²) in [7, 11) is 0. The highest BCUT2D eigenvalue weighted by molar-refractivity contribution is 6.00. The molecule has 172 valence electrons. The summed E-state index contributed by atoms with van der Waals surface area (Å²) in [4.78, 5) is 22.9. The fourth-order valence-corrected chi connectivity index (χ4v) is 3.80. The molecule has 3 rings (SSSR count). The van der Waals surface area contributed by atoms with Crippen molar-refractivity contribution in [3.8, 4) is 5.75 Å². The number of benzene rings is 1. The maximum Gasteiger partial charge on any atom is 0.243 e. The molecule has 1 saturated carbocycles. The predicted molar refractivity (Wildman–Crippen MR) is 118 cm³/mol. The molecule has 1 aliphatic heterocycles. The minimum atomic E-state index is -0.288. The number of piperidine rings is 1. The van der Waals surface area contributed by atoms with Crippen molar-refractivity contribution in [3.05, 3.63) is 29.6 Å². The number of hydrogen-bond acceptors (Lipinski definition) is 5. The average Bonchev–Trinajstić information content (AvgIpc) is 3.54. The topological polar surface area (TPSA) is 79.5 Å². The lowest BCUT2D eigenvalue weighted by Crippen LogP contribution is -2.50. The van der Waals surface area contributed by atoms with E-state index in [4.69, 9.17) is 4.74 Å². The Morgan fingerprint density at radius 2 is 1.97 bits per heavy atom. The highest BCUT2D eigenvalue weighted by Gasteiger charge is 2.26. The van der Waals surface area contributed by atoms with Gasteiger partial charge in [0.1, 0.15) is 0 Å². The van der Waals surface area contributed by atoms with E-state index in [-0.39, 0.29) is 29.2 Å². The van der Waals surface area contributed by atoms with Crippen molar-refractivity contribution < 1.29 is 18.7 Å². The first-order valence-corrected chi connectivity index (χ1v) is 11.6. The van der Waals surface area contributed by atoms with Crippen LogP contribution in [0.25, 0.3) is 0 Å². The first kappa shape index (κ1) is 23.7. The average molecular weight is 434 g/mol. The largest absolute Gasteiger partial charge is 0.490 e. The number of amides is 2. The zero-order valence-electron chi connectivity index (χ0n) is 18.8. The summed E-state index contributed by atoms with van der Waals surface area (Å²) in [5.41, 5.74) is 1.07. The van der Waals surface area contributed by atoms with Crippen LogP contribution in [0.1, 0.15) is 64.4 Å². The Morgan fingerprint density at radius 3 is 2.71 bits per heavy atom. The third-order valence-corrected chi connectivity index (χ3v) is 6.04. The van der Waals surface area contributed by atoms with Gasteiger partial charge in [-0.3, -0.25) is 14.9 Å². The summed E-state index contributed by atoms with van der Waals surface area (Å²) in [6, 6.07) is 4.90. The third-order valence-electron chi connectivity index (χ3n) is 6.04. The second-order valence-electron chi connectivity index (χ2n) is 9.49. The van der Waals surface area contributed by atoms with Gasteiger partial charge in [-0.1, -0.05) is 12.5 Å². The quantitative estimate of drug-likeness (QED) is 0.329. The van der Waals surface area contributed by atoms with Crippen LogP contribution in [0, 0.1) is 11.7 Å². The Bertz CT molecular complexity index is 764. The lowest BCUT2D eigenvalue weighted by molar-refractivity contribution is -0.134. The molecule has 6 nitrogen and oxygen atoms in total. The lowest BCUT2D eigenvalue weighted by Gasteiger charge is -2.27. The van der Waals surface area contributed by atoms with Crippen molar-refractivity contribution in [2.24, 2.45) is 5.92 Å². The van der Waals surface area contributed by atoms with E-state index < -0.39 is 0 Å². The Morgan fingerprint density at radius 1 is 1.16 bits per heavy atom. The van der Waals surface area contributed by atoms with Gasteiger partial charge < -0.3 is 15.4 Å². The molecule has 7 heteroatoms. The van der Waals surface area contributed by atoms with Gasteiger partial charge in [0.2, 0.25) is 11.8 Å². The monoisotopic (exact) mass is 433 g/mol. The van der Waals surface area contributed by atoms with E-state index in [2.05, 4.69) is 29.8 Å². The molecular formula is C24H36FN3O3. The molecule has 0 radical (unpaired) electrons. The summed E-state index contributed by atoms with van der Waals surface area (Å²) in [6.45, 7) is 6.58. The standard InChI is InChI=1S/C24H36FN3O3/c1-24(2,12-3-4-13-26-20-9-10-22(29)28-23(20)30)27-14-11-17-7-8-19(25)21(15-17)31-16-18-5-6-18/h7-8,15,18,20,26-27H,3-6,9-14,16H2,1-2H3,(H,28,29,30). The van der Waals surface area contributed by atoms with Crippen molar-refractivity contribution in [1.29, 1.82) is 0 Å². The van der Waals surface area contributed by atoms with Crippen LogP contribution in [-0.4, -0.2) is 43.1 Å². The Balaban J connectivity index is 1.30. The van der Waals surface area contributed by atoms with Crippen LogP contribution in [0.4, 0.5) is 4.39 Å². The number of carbonyl (C=O) groups excluding carboxylic acids is 2. The minimum absolute atomic E-state index is 0.0000335. The van der Waals surface area contributed by atoms with Gasteiger partial charge in [-0.2, -0.15) is 0 Å². The number of unbranched alkanes of at least 4 members (excludes halogenated alkanes) is 1. The molecule has 0 bridgehead atoms. The molecule has 31 heavy (non-hydrogen) atoms. The van der Waals surface area contributed by atoms with Crippen LogP contribution >= 0.6 is 0 Å². The van der Waals surface area contributed by atoms with Crippen LogP contribution < -0.4 is 20.7 Å². The smallest absolute Gasteiger partial charge is 0.243 e. The summed E-state index contributed by atoms with van der Waals surface area (Å²) < 4.78 is 19.6. The van der Waals surface area contributed by atoms with Crippen molar-refractivity contribution in [2.45, 2.75) is 76.8 Å². The van der Waals surface area contributed by atoms with Gasteiger partial charge in [0.15, 0.2) is 11.6 Å². The molecule has 2 fully saturated rings. The molecule has 1 atom stereocenters. The molecule has 1 saturated heterocycles. The number of ether oxygens (including phenoxy) is 1. The highest BCUT2D eigenvalue weighted by Crippen LogP contribution is 2.30. The van der Waals surface area contributed by atoms with Crippen LogP contribution in [0.3, 0.4) is 0 Å². The van der Waals surface area contributed by atoms with Crippen LogP contribution in [0.15, 0.2) is 18.2 Å².